The molecule has 1 aliphatic heterocycles. The topological polar surface area (TPSA) is 209 Å². The van der Waals surface area contributed by atoms with Crippen molar-refractivity contribution in [3.8, 4) is 0 Å². The van der Waals surface area contributed by atoms with Crippen LogP contribution in [0.4, 0.5) is 5.82 Å². The highest BCUT2D eigenvalue weighted by atomic mass is 16.6. The molecule has 1 saturated heterocycles. The normalized spacial score (nSPS) is 22.1. The van der Waals surface area contributed by atoms with Crippen molar-refractivity contribution in [2.45, 2.75) is 43.9 Å². The first kappa shape index (κ1) is 24.5. The number of imidazole rings is 1. The van der Waals surface area contributed by atoms with E-state index in [1.165, 1.54) is 17.2 Å². The first-order chi connectivity index (χ1) is 16.7. The van der Waals surface area contributed by atoms with E-state index >= 15 is 0 Å². The van der Waals surface area contributed by atoms with Gasteiger partial charge in [-0.25, -0.2) is 15.0 Å². The summed E-state index contributed by atoms with van der Waals surface area (Å²) in [6.07, 6.45) is -0.767. The van der Waals surface area contributed by atoms with E-state index in [2.05, 4.69) is 15.0 Å². The molecule has 1 aliphatic rings. The number of amides is 2. The molecule has 0 spiro atoms. The number of aliphatic hydroxyl groups excluding tert-OH is 2. The average Bonchev–Trinajstić information content (AvgIpc) is 3.36. The third-order valence-corrected chi connectivity index (χ3v) is 5.95. The van der Waals surface area contributed by atoms with Crippen LogP contribution >= 0.6 is 0 Å². The number of anilines is 1. The summed E-state index contributed by atoms with van der Waals surface area (Å²) in [6, 6.07) is 6.89. The van der Waals surface area contributed by atoms with Gasteiger partial charge in [0.25, 0.3) is 0 Å². The van der Waals surface area contributed by atoms with E-state index in [1.54, 1.807) is 18.2 Å². The molecule has 0 aliphatic carbocycles. The molecule has 0 bridgehead atoms. The van der Waals surface area contributed by atoms with Crippen molar-refractivity contribution < 1.29 is 24.5 Å². The van der Waals surface area contributed by atoms with E-state index in [1.807, 2.05) is 11.0 Å². The van der Waals surface area contributed by atoms with Crippen LogP contribution < -0.4 is 17.2 Å². The predicted octanol–water partition coefficient (Wildman–Crippen LogP) is -1.11. The van der Waals surface area contributed by atoms with Crippen molar-refractivity contribution in [3.63, 3.8) is 0 Å². The van der Waals surface area contributed by atoms with Crippen LogP contribution in [-0.2, 0) is 16.1 Å². The summed E-state index contributed by atoms with van der Waals surface area (Å²) < 4.78 is 7.56. The zero-order valence-electron chi connectivity index (χ0n) is 18.9. The molecule has 1 aromatic carbocycles. The van der Waals surface area contributed by atoms with Crippen LogP contribution in [0.1, 0.15) is 35.0 Å². The molecule has 3 heterocycles. The number of carbonyl (C=O) groups is 2. The molecule has 186 valence electrons. The summed E-state index contributed by atoms with van der Waals surface area (Å²) in [5.74, 6) is -0.761. The van der Waals surface area contributed by atoms with Crippen LogP contribution in [0.25, 0.3) is 11.2 Å². The molecule has 13 nitrogen and oxygen atoms in total. The maximum Gasteiger partial charge on any atom is 0.248 e. The smallest absolute Gasteiger partial charge is 0.248 e. The lowest BCUT2D eigenvalue weighted by Crippen LogP contribution is -2.40. The van der Waals surface area contributed by atoms with Gasteiger partial charge in [-0.05, 0) is 30.7 Å². The number of nitrogens with zero attached hydrogens (tertiary/aromatic N) is 5. The van der Waals surface area contributed by atoms with Gasteiger partial charge in [0, 0.05) is 25.1 Å². The van der Waals surface area contributed by atoms with E-state index in [0.29, 0.717) is 36.2 Å². The van der Waals surface area contributed by atoms with Crippen molar-refractivity contribution in [1.29, 1.82) is 0 Å². The van der Waals surface area contributed by atoms with Gasteiger partial charge < -0.3 is 32.2 Å². The molecule has 2 aromatic heterocycles. The Balaban J connectivity index is 1.52. The van der Waals surface area contributed by atoms with Gasteiger partial charge >= 0.3 is 0 Å². The summed E-state index contributed by atoms with van der Waals surface area (Å²) in [6.45, 7) is 1.10. The molecular weight excluding hydrogens is 456 g/mol. The molecular formula is C22H28N8O5. The van der Waals surface area contributed by atoms with E-state index in [9.17, 15) is 19.8 Å². The molecule has 0 radical (unpaired) electrons. The van der Waals surface area contributed by atoms with Crippen LogP contribution in [0.5, 0.6) is 0 Å². The summed E-state index contributed by atoms with van der Waals surface area (Å²) in [5.41, 5.74) is 18.5. The molecule has 2 amide bonds. The second kappa shape index (κ2) is 10.3. The number of rotatable bonds is 10. The Hall–Kier alpha value is -3.65. The third-order valence-electron chi connectivity index (χ3n) is 5.95. The van der Waals surface area contributed by atoms with Gasteiger partial charge in [-0.2, -0.15) is 0 Å². The molecule has 3 aromatic rings. The number of hydrogen-bond donors (Lipinski definition) is 5. The quantitative estimate of drug-likeness (QED) is 0.234. The van der Waals surface area contributed by atoms with Gasteiger partial charge in [-0.15, -0.1) is 0 Å². The minimum Gasteiger partial charge on any atom is -0.387 e. The fourth-order valence-electron chi connectivity index (χ4n) is 4.21. The first-order valence-electron chi connectivity index (χ1n) is 11.1. The number of aliphatic hydroxyl groups is 2. The van der Waals surface area contributed by atoms with E-state index in [-0.39, 0.29) is 18.8 Å². The molecule has 1 fully saturated rings. The number of fused-ring (bicyclic) bond motifs is 1. The minimum absolute atomic E-state index is 0.192. The number of hydrogen-bond acceptors (Lipinski definition) is 10. The lowest BCUT2D eigenvalue weighted by molar-refractivity contribution is -0.118. The standard InChI is InChI=1S/C22H28N8O5/c23-15(31)5-2-6-29(8-12-3-1-4-13(7-12)20(25)34)9-14-17(32)18(33)22(35-14)30-11-28-16-19(24)26-10-27-21(16)30/h1,3-4,7,10-11,14,17-18,22,32-33H,2,5-6,8-9H2,(H2,23,31)(H2,25,34)(H2,24,26,27)/t14-,17-,18-,22-/m1/s1. The minimum atomic E-state index is -1.25. The summed E-state index contributed by atoms with van der Waals surface area (Å²) in [5, 5.41) is 21.5. The van der Waals surface area contributed by atoms with Crippen molar-refractivity contribution in [2.75, 3.05) is 18.8 Å². The Bertz CT molecular complexity index is 1220. The molecule has 0 unspecified atom stereocenters. The Labute approximate surface area is 200 Å². The van der Waals surface area contributed by atoms with Crippen molar-refractivity contribution >= 4 is 28.8 Å². The van der Waals surface area contributed by atoms with Crippen molar-refractivity contribution in [1.82, 2.24) is 24.4 Å². The fourth-order valence-corrected chi connectivity index (χ4v) is 4.21. The van der Waals surface area contributed by atoms with Crippen LogP contribution in [0.3, 0.4) is 0 Å². The van der Waals surface area contributed by atoms with Gasteiger partial charge in [0.15, 0.2) is 17.7 Å². The highest BCUT2D eigenvalue weighted by Crippen LogP contribution is 2.32. The second-order valence-corrected chi connectivity index (χ2v) is 8.50. The summed E-state index contributed by atoms with van der Waals surface area (Å²) >= 11 is 0. The Morgan fingerprint density at radius 2 is 1.94 bits per heavy atom. The number of nitrogen functional groups attached to an aromatic ring is 1. The highest BCUT2D eigenvalue weighted by Gasteiger charge is 2.44. The monoisotopic (exact) mass is 484 g/mol. The maximum atomic E-state index is 11.6. The molecule has 0 saturated carbocycles. The molecule has 8 N–H and O–H groups in total. The number of primary amides is 2. The molecule has 4 atom stereocenters. The first-order valence-corrected chi connectivity index (χ1v) is 11.1. The number of nitrogens with two attached hydrogens (primary N) is 3. The number of carbonyl (C=O) groups excluding carboxylic acids is 2. The van der Waals surface area contributed by atoms with Gasteiger partial charge in [-0.3, -0.25) is 19.1 Å². The van der Waals surface area contributed by atoms with Gasteiger partial charge in [0.2, 0.25) is 11.8 Å². The zero-order valence-corrected chi connectivity index (χ0v) is 18.9. The lowest BCUT2D eigenvalue weighted by Gasteiger charge is -2.27. The Morgan fingerprint density at radius 1 is 1.14 bits per heavy atom. The molecule has 4 rings (SSSR count). The van der Waals surface area contributed by atoms with Gasteiger partial charge in [-0.1, -0.05) is 12.1 Å². The van der Waals surface area contributed by atoms with Crippen LogP contribution in [0.15, 0.2) is 36.9 Å². The van der Waals surface area contributed by atoms with Crippen molar-refractivity contribution in [2.24, 2.45) is 11.5 Å². The fraction of sp³-hybridized carbons (Fsp3) is 0.409. The maximum absolute atomic E-state index is 11.6. The van der Waals surface area contributed by atoms with E-state index < -0.39 is 36.4 Å². The summed E-state index contributed by atoms with van der Waals surface area (Å²) in [7, 11) is 0. The largest absolute Gasteiger partial charge is 0.387 e. The van der Waals surface area contributed by atoms with Crippen LogP contribution in [0, 0.1) is 0 Å². The van der Waals surface area contributed by atoms with Gasteiger partial charge in [0.05, 0.1) is 6.33 Å². The van der Waals surface area contributed by atoms with Crippen LogP contribution in [-0.4, -0.2) is 77.8 Å². The SMILES string of the molecule is NC(=O)CCCN(Cc1cccc(C(N)=O)c1)C[C@H]1O[C@@H](n2cnc3c(N)ncnc32)[C@H](O)[C@@H]1O. The number of benzene rings is 1. The number of ether oxygens (including phenoxy) is 1. The van der Waals surface area contributed by atoms with Crippen LogP contribution in [0.2, 0.25) is 0 Å². The second-order valence-electron chi connectivity index (χ2n) is 8.50. The zero-order chi connectivity index (χ0) is 25.1. The summed E-state index contributed by atoms with van der Waals surface area (Å²) in [4.78, 5) is 37.0. The predicted molar refractivity (Wildman–Crippen MR) is 124 cm³/mol. The Kier molecular flexibility index (Phi) is 7.21. The molecule has 35 heavy (non-hydrogen) atoms. The van der Waals surface area contributed by atoms with E-state index in [0.717, 1.165) is 5.56 Å². The Morgan fingerprint density at radius 3 is 2.69 bits per heavy atom. The average molecular weight is 485 g/mol. The third kappa shape index (κ3) is 5.38. The lowest BCUT2D eigenvalue weighted by atomic mass is 10.1. The molecule has 13 heteroatoms. The number of aromatic nitrogens is 4. The van der Waals surface area contributed by atoms with Gasteiger partial charge in [0.1, 0.15) is 30.2 Å². The highest BCUT2D eigenvalue weighted by molar-refractivity contribution is 5.92. The van der Waals surface area contributed by atoms with Crippen molar-refractivity contribution in [3.05, 3.63) is 48.0 Å². The van der Waals surface area contributed by atoms with E-state index in [4.69, 9.17) is 21.9 Å².